The van der Waals surface area contributed by atoms with Crippen molar-refractivity contribution in [2.24, 2.45) is 5.73 Å². The molecule has 1 aromatic rings. The first-order chi connectivity index (χ1) is 6.09. The maximum Gasteiger partial charge on any atom is 0.143 e. The summed E-state index contributed by atoms with van der Waals surface area (Å²) in [5.74, 6) is 0.661. The Bertz CT molecular complexity index is 293. The van der Waals surface area contributed by atoms with Crippen LogP contribution in [0.5, 0.6) is 5.75 Å². The van der Waals surface area contributed by atoms with Gasteiger partial charge >= 0.3 is 0 Å². The number of ether oxygens (including phenoxy) is 1. The molecule has 1 atom stereocenters. The van der Waals surface area contributed by atoms with Gasteiger partial charge in [-0.25, -0.2) is 4.98 Å². The Balaban J connectivity index is 2.63. The van der Waals surface area contributed by atoms with E-state index in [1.807, 2.05) is 6.92 Å². The zero-order valence-electron chi connectivity index (χ0n) is 7.13. The minimum absolute atomic E-state index is 0.00875. The summed E-state index contributed by atoms with van der Waals surface area (Å²) in [6, 6.07) is 1.77. The molecule has 1 aromatic heterocycles. The number of aromatic nitrogens is 1. The standard InChI is InChI=1S/C8H10BrClN2O/c1-5(11)4-13-6-2-7(9)8(10)12-3-6/h2-3,5H,4,11H2,1H3/t5-/m0/s1. The van der Waals surface area contributed by atoms with Crippen molar-refractivity contribution in [3.8, 4) is 5.75 Å². The summed E-state index contributed by atoms with van der Waals surface area (Å²) in [4.78, 5) is 3.91. The van der Waals surface area contributed by atoms with Crippen molar-refractivity contribution in [2.75, 3.05) is 6.61 Å². The Morgan fingerprint density at radius 2 is 2.46 bits per heavy atom. The van der Waals surface area contributed by atoms with E-state index in [1.54, 1.807) is 12.3 Å². The van der Waals surface area contributed by atoms with Crippen molar-refractivity contribution in [1.82, 2.24) is 4.98 Å². The van der Waals surface area contributed by atoms with Gasteiger partial charge in [0.25, 0.3) is 0 Å². The minimum Gasteiger partial charge on any atom is -0.490 e. The molecule has 72 valence electrons. The van der Waals surface area contributed by atoms with E-state index in [-0.39, 0.29) is 6.04 Å². The fraction of sp³-hybridized carbons (Fsp3) is 0.375. The van der Waals surface area contributed by atoms with Crippen molar-refractivity contribution < 1.29 is 4.74 Å². The van der Waals surface area contributed by atoms with Crippen LogP contribution in [-0.2, 0) is 0 Å². The van der Waals surface area contributed by atoms with Crippen molar-refractivity contribution >= 4 is 27.5 Å². The third kappa shape index (κ3) is 3.50. The van der Waals surface area contributed by atoms with E-state index in [0.29, 0.717) is 17.5 Å². The van der Waals surface area contributed by atoms with Gasteiger partial charge in [-0.2, -0.15) is 0 Å². The van der Waals surface area contributed by atoms with E-state index >= 15 is 0 Å². The summed E-state index contributed by atoms with van der Waals surface area (Å²) in [5, 5.41) is 0.424. The lowest BCUT2D eigenvalue weighted by molar-refractivity contribution is 0.295. The molecule has 0 bridgehead atoms. The van der Waals surface area contributed by atoms with Crippen LogP contribution in [0.3, 0.4) is 0 Å². The number of halogens is 2. The van der Waals surface area contributed by atoms with Crippen LogP contribution in [0.1, 0.15) is 6.92 Å². The summed E-state index contributed by atoms with van der Waals surface area (Å²) in [6.45, 7) is 2.34. The van der Waals surface area contributed by atoms with Gasteiger partial charge in [0, 0.05) is 6.04 Å². The number of nitrogens with zero attached hydrogens (tertiary/aromatic N) is 1. The molecule has 3 nitrogen and oxygen atoms in total. The Kier molecular flexibility index (Phi) is 3.96. The molecule has 0 aromatic carbocycles. The highest BCUT2D eigenvalue weighted by molar-refractivity contribution is 9.10. The molecule has 0 saturated carbocycles. The first-order valence-corrected chi connectivity index (χ1v) is 4.96. The van der Waals surface area contributed by atoms with Gasteiger partial charge in [0.2, 0.25) is 0 Å². The molecule has 13 heavy (non-hydrogen) atoms. The number of hydrogen-bond acceptors (Lipinski definition) is 3. The van der Waals surface area contributed by atoms with Crippen molar-refractivity contribution in [3.05, 3.63) is 21.9 Å². The fourth-order valence-electron chi connectivity index (χ4n) is 0.710. The Morgan fingerprint density at radius 1 is 1.77 bits per heavy atom. The molecule has 0 spiro atoms. The summed E-state index contributed by atoms with van der Waals surface area (Å²) < 4.78 is 6.05. The van der Waals surface area contributed by atoms with Crippen LogP contribution in [0.15, 0.2) is 16.7 Å². The van der Waals surface area contributed by atoms with Crippen molar-refractivity contribution in [2.45, 2.75) is 13.0 Å². The van der Waals surface area contributed by atoms with Crippen LogP contribution in [0.4, 0.5) is 0 Å². The zero-order valence-corrected chi connectivity index (χ0v) is 9.47. The van der Waals surface area contributed by atoms with Crippen LogP contribution < -0.4 is 10.5 Å². The third-order valence-corrected chi connectivity index (χ3v) is 2.42. The molecule has 2 N–H and O–H groups in total. The first-order valence-electron chi connectivity index (χ1n) is 3.79. The second-order valence-corrected chi connectivity index (χ2v) is 3.94. The van der Waals surface area contributed by atoms with Gasteiger partial charge in [-0.15, -0.1) is 0 Å². The van der Waals surface area contributed by atoms with Crippen LogP contribution >= 0.6 is 27.5 Å². The van der Waals surface area contributed by atoms with Crippen LogP contribution in [0, 0.1) is 0 Å². The maximum absolute atomic E-state index is 5.71. The summed E-state index contributed by atoms with van der Waals surface area (Å²) >= 11 is 8.95. The van der Waals surface area contributed by atoms with Crippen LogP contribution in [0.25, 0.3) is 0 Å². The SMILES string of the molecule is C[C@H](N)COc1cnc(Cl)c(Br)c1. The van der Waals surface area contributed by atoms with Gasteiger partial charge in [-0.05, 0) is 28.9 Å². The molecule has 0 unspecified atom stereocenters. The third-order valence-electron chi connectivity index (χ3n) is 1.28. The molecule has 5 heteroatoms. The first kappa shape index (κ1) is 10.8. The quantitative estimate of drug-likeness (QED) is 0.853. The molecule has 0 fully saturated rings. The fourth-order valence-corrected chi connectivity index (χ4v) is 1.14. The van der Waals surface area contributed by atoms with Gasteiger partial charge in [0.1, 0.15) is 17.5 Å². The van der Waals surface area contributed by atoms with Gasteiger partial charge in [0.15, 0.2) is 0 Å². The van der Waals surface area contributed by atoms with Gasteiger partial charge in [-0.1, -0.05) is 11.6 Å². The molecule has 0 radical (unpaired) electrons. The van der Waals surface area contributed by atoms with Crippen molar-refractivity contribution in [3.63, 3.8) is 0 Å². The van der Waals surface area contributed by atoms with E-state index in [1.165, 1.54) is 0 Å². The number of rotatable bonds is 3. The molecule has 0 aliphatic rings. The van der Waals surface area contributed by atoms with E-state index in [9.17, 15) is 0 Å². The largest absolute Gasteiger partial charge is 0.490 e. The van der Waals surface area contributed by atoms with E-state index in [2.05, 4.69) is 20.9 Å². The van der Waals surface area contributed by atoms with Crippen molar-refractivity contribution in [1.29, 1.82) is 0 Å². The monoisotopic (exact) mass is 264 g/mol. The number of pyridine rings is 1. The highest BCUT2D eigenvalue weighted by Gasteiger charge is 2.02. The van der Waals surface area contributed by atoms with E-state index < -0.39 is 0 Å². The summed E-state index contributed by atoms with van der Waals surface area (Å²) in [7, 11) is 0. The smallest absolute Gasteiger partial charge is 0.143 e. The topological polar surface area (TPSA) is 48.1 Å². The van der Waals surface area contributed by atoms with Crippen LogP contribution in [0.2, 0.25) is 5.15 Å². The molecule has 1 heterocycles. The summed E-state index contributed by atoms with van der Waals surface area (Å²) in [6.07, 6.45) is 1.56. The lowest BCUT2D eigenvalue weighted by atomic mass is 10.4. The van der Waals surface area contributed by atoms with E-state index in [4.69, 9.17) is 22.1 Å². The Morgan fingerprint density at radius 3 is 3.00 bits per heavy atom. The molecule has 0 saturated heterocycles. The van der Waals surface area contributed by atoms with E-state index in [0.717, 1.165) is 4.47 Å². The molecule has 0 aliphatic heterocycles. The number of nitrogens with two attached hydrogens (primary N) is 1. The molecular formula is C8H10BrClN2O. The minimum atomic E-state index is 0.00875. The van der Waals surface area contributed by atoms with Gasteiger partial charge in [0.05, 0.1) is 10.7 Å². The molecular weight excluding hydrogens is 255 g/mol. The van der Waals surface area contributed by atoms with Gasteiger partial charge in [-0.3, -0.25) is 0 Å². The highest BCUT2D eigenvalue weighted by Crippen LogP contribution is 2.23. The molecule has 0 amide bonds. The Labute approximate surface area is 90.4 Å². The Hall–Kier alpha value is -0.320. The normalized spacial score (nSPS) is 12.6. The highest BCUT2D eigenvalue weighted by atomic mass is 79.9. The lowest BCUT2D eigenvalue weighted by Gasteiger charge is -2.08. The second kappa shape index (κ2) is 4.79. The average molecular weight is 266 g/mol. The van der Waals surface area contributed by atoms with Gasteiger partial charge < -0.3 is 10.5 Å². The second-order valence-electron chi connectivity index (χ2n) is 2.73. The molecule has 1 rings (SSSR count). The molecule has 0 aliphatic carbocycles. The predicted octanol–water partition coefficient (Wildman–Crippen LogP) is 2.22. The predicted molar refractivity (Wildman–Crippen MR) is 56.1 cm³/mol. The lowest BCUT2D eigenvalue weighted by Crippen LogP contribution is -2.23. The number of hydrogen-bond donors (Lipinski definition) is 1. The zero-order chi connectivity index (χ0) is 9.84. The average Bonchev–Trinajstić information content (AvgIpc) is 2.07. The van der Waals surface area contributed by atoms with Crippen LogP contribution in [-0.4, -0.2) is 17.6 Å². The maximum atomic E-state index is 5.71. The summed E-state index contributed by atoms with van der Waals surface area (Å²) in [5.41, 5.74) is 5.53.